The van der Waals surface area contributed by atoms with Crippen LogP contribution >= 0.6 is 23.2 Å². The van der Waals surface area contributed by atoms with Gasteiger partial charge in [0.25, 0.3) is 0 Å². The van der Waals surface area contributed by atoms with Gasteiger partial charge in [0.1, 0.15) is 23.3 Å². The first-order chi connectivity index (χ1) is 12.6. The van der Waals surface area contributed by atoms with Crippen LogP contribution in [0.2, 0.25) is 10.2 Å². The highest BCUT2D eigenvalue weighted by Gasteiger charge is 2.11. The molecule has 1 aromatic heterocycles. The van der Waals surface area contributed by atoms with Crippen molar-refractivity contribution in [2.24, 2.45) is 0 Å². The number of halogens is 2. The predicted molar refractivity (Wildman–Crippen MR) is 100 cm³/mol. The summed E-state index contributed by atoms with van der Waals surface area (Å²) in [7, 11) is 1.58. The fourth-order valence-corrected chi connectivity index (χ4v) is 2.68. The molecule has 0 unspecified atom stereocenters. The normalized spacial score (nSPS) is 10.6. The molecule has 3 rings (SSSR count). The second-order valence-electron chi connectivity index (χ2n) is 5.38. The highest BCUT2D eigenvalue weighted by atomic mass is 35.5. The molecule has 0 saturated heterocycles. The molecule has 0 aliphatic heterocycles. The summed E-state index contributed by atoms with van der Waals surface area (Å²) in [6.45, 7) is -0.252. The number of benzene rings is 2. The fourth-order valence-electron chi connectivity index (χ4n) is 2.29. The van der Waals surface area contributed by atoms with Crippen LogP contribution in [0.25, 0.3) is 10.9 Å². The lowest BCUT2D eigenvalue weighted by atomic mass is 10.1. The topological polar surface area (TPSA) is 57.7 Å². The summed E-state index contributed by atoms with van der Waals surface area (Å²) < 4.78 is 15.7. The van der Waals surface area contributed by atoms with Crippen molar-refractivity contribution in [3.63, 3.8) is 0 Å². The zero-order valence-electron chi connectivity index (χ0n) is 13.9. The molecule has 0 amide bonds. The van der Waals surface area contributed by atoms with E-state index >= 15 is 0 Å². The van der Waals surface area contributed by atoms with Crippen molar-refractivity contribution in [2.45, 2.75) is 6.61 Å². The minimum atomic E-state index is -0.532. The molecule has 0 spiro atoms. The summed E-state index contributed by atoms with van der Waals surface area (Å²) in [6.07, 6.45) is 0. The van der Waals surface area contributed by atoms with E-state index in [1.54, 1.807) is 37.4 Å². The van der Waals surface area contributed by atoms with Crippen LogP contribution < -0.4 is 9.47 Å². The summed E-state index contributed by atoms with van der Waals surface area (Å²) in [5.74, 6) is 0.582. The fraction of sp³-hybridized carbons (Fsp3) is 0.158. The Kier molecular flexibility index (Phi) is 5.81. The molecule has 0 atom stereocenters. The van der Waals surface area contributed by atoms with Gasteiger partial charge >= 0.3 is 5.97 Å². The quantitative estimate of drug-likeness (QED) is 0.451. The largest absolute Gasteiger partial charge is 0.497 e. The maximum Gasteiger partial charge on any atom is 0.344 e. The standard InChI is InChI=1S/C19H15Cl2NO4/c1-24-14-7-6-12-8-13(19(21)22-16(12)9-14)10-26-18(23)11-25-17-5-3-2-4-15(17)20/h2-9H,10-11H2,1H3. The summed E-state index contributed by atoms with van der Waals surface area (Å²) in [5, 5.41) is 1.57. The van der Waals surface area contributed by atoms with E-state index in [4.69, 9.17) is 37.4 Å². The third-order valence-electron chi connectivity index (χ3n) is 3.62. The number of fused-ring (bicyclic) bond motifs is 1. The van der Waals surface area contributed by atoms with Gasteiger partial charge in [0.05, 0.1) is 17.6 Å². The lowest BCUT2D eigenvalue weighted by Gasteiger charge is -2.10. The summed E-state index contributed by atoms with van der Waals surface area (Å²) >= 11 is 12.2. The van der Waals surface area contributed by atoms with Gasteiger partial charge in [-0.25, -0.2) is 9.78 Å². The van der Waals surface area contributed by atoms with E-state index in [1.165, 1.54) is 0 Å². The molecule has 5 nitrogen and oxygen atoms in total. The van der Waals surface area contributed by atoms with Gasteiger partial charge in [-0.1, -0.05) is 35.3 Å². The molecule has 0 saturated carbocycles. The maximum absolute atomic E-state index is 11.9. The van der Waals surface area contributed by atoms with Crippen LogP contribution in [0.4, 0.5) is 0 Å². The van der Waals surface area contributed by atoms with Crippen LogP contribution in [0.1, 0.15) is 5.56 Å². The molecule has 7 heteroatoms. The number of carbonyl (C=O) groups is 1. The van der Waals surface area contributed by atoms with E-state index in [2.05, 4.69) is 4.98 Å². The predicted octanol–water partition coefficient (Wildman–Crippen LogP) is 4.67. The van der Waals surface area contributed by atoms with Crippen molar-refractivity contribution in [3.8, 4) is 11.5 Å². The van der Waals surface area contributed by atoms with E-state index in [9.17, 15) is 4.79 Å². The van der Waals surface area contributed by atoms with Gasteiger partial charge in [-0.2, -0.15) is 0 Å². The van der Waals surface area contributed by atoms with Gasteiger partial charge in [0.15, 0.2) is 6.61 Å². The molecule has 0 N–H and O–H groups in total. The first-order valence-electron chi connectivity index (χ1n) is 7.73. The summed E-state index contributed by atoms with van der Waals surface area (Å²) in [4.78, 5) is 16.2. The zero-order chi connectivity index (χ0) is 18.5. The Balaban J connectivity index is 1.62. The molecule has 0 fully saturated rings. The van der Waals surface area contributed by atoms with Gasteiger partial charge < -0.3 is 14.2 Å². The highest BCUT2D eigenvalue weighted by molar-refractivity contribution is 6.32. The van der Waals surface area contributed by atoms with Crippen LogP contribution in [-0.4, -0.2) is 24.7 Å². The lowest BCUT2D eigenvalue weighted by molar-refractivity contribution is -0.147. The summed E-state index contributed by atoms with van der Waals surface area (Å²) in [5.41, 5.74) is 1.31. The number of hydrogen-bond donors (Lipinski definition) is 0. The van der Waals surface area contributed by atoms with E-state index in [0.29, 0.717) is 27.6 Å². The molecular weight excluding hydrogens is 377 g/mol. The third-order valence-corrected chi connectivity index (χ3v) is 4.26. The van der Waals surface area contributed by atoms with Crippen molar-refractivity contribution in [3.05, 3.63) is 64.3 Å². The van der Waals surface area contributed by atoms with Crippen molar-refractivity contribution in [1.82, 2.24) is 4.98 Å². The van der Waals surface area contributed by atoms with Crippen LogP contribution in [0, 0.1) is 0 Å². The van der Waals surface area contributed by atoms with E-state index in [1.807, 2.05) is 18.2 Å². The van der Waals surface area contributed by atoms with E-state index < -0.39 is 5.97 Å². The Morgan fingerprint density at radius 3 is 2.69 bits per heavy atom. The Bertz CT molecular complexity index is 946. The van der Waals surface area contributed by atoms with Crippen LogP contribution in [-0.2, 0) is 16.1 Å². The van der Waals surface area contributed by atoms with Crippen molar-refractivity contribution >= 4 is 40.1 Å². The first kappa shape index (κ1) is 18.3. The van der Waals surface area contributed by atoms with Gasteiger partial charge in [-0.15, -0.1) is 0 Å². The van der Waals surface area contributed by atoms with Gasteiger partial charge in [0, 0.05) is 17.0 Å². The van der Waals surface area contributed by atoms with Crippen molar-refractivity contribution in [2.75, 3.05) is 13.7 Å². The molecule has 0 aliphatic rings. The number of para-hydroxylation sites is 1. The second-order valence-corrected chi connectivity index (χ2v) is 6.14. The number of hydrogen-bond acceptors (Lipinski definition) is 5. The lowest BCUT2D eigenvalue weighted by Crippen LogP contribution is -2.15. The average molecular weight is 392 g/mol. The molecule has 134 valence electrons. The molecule has 0 radical (unpaired) electrons. The number of rotatable bonds is 6. The smallest absolute Gasteiger partial charge is 0.344 e. The number of aromatic nitrogens is 1. The molecule has 3 aromatic rings. The monoisotopic (exact) mass is 391 g/mol. The average Bonchev–Trinajstić information content (AvgIpc) is 2.65. The van der Waals surface area contributed by atoms with Crippen molar-refractivity contribution < 1.29 is 19.0 Å². The Hall–Kier alpha value is -2.50. The Labute approximate surface area is 160 Å². The molecule has 0 bridgehead atoms. The third kappa shape index (κ3) is 4.36. The zero-order valence-corrected chi connectivity index (χ0v) is 15.4. The Morgan fingerprint density at radius 2 is 1.92 bits per heavy atom. The number of ether oxygens (including phenoxy) is 3. The molecule has 1 heterocycles. The maximum atomic E-state index is 11.9. The molecule has 0 aliphatic carbocycles. The molecule has 26 heavy (non-hydrogen) atoms. The SMILES string of the molecule is COc1ccc2cc(COC(=O)COc3ccccc3Cl)c(Cl)nc2c1. The molecule has 2 aromatic carbocycles. The second kappa shape index (κ2) is 8.25. The van der Waals surface area contributed by atoms with Gasteiger partial charge in [0.2, 0.25) is 0 Å². The first-order valence-corrected chi connectivity index (χ1v) is 8.48. The van der Waals surface area contributed by atoms with Gasteiger partial charge in [-0.3, -0.25) is 0 Å². The molecular formula is C19H15Cl2NO4. The van der Waals surface area contributed by atoms with E-state index in [0.717, 1.165) is 5.39 Å². The number of nitrogens with zero attached hydrogens (tertiary/aromatic N) is 1. The summed E-state index contributed by atoms with van der Waals surface area (Å²) in [6, 6.07) is 14.2. The van der Waals surface area contributed by atoms with Crippen LogP contribution in [0.5, 0.6) is 11.5 Å². The minimum Gasteiger partial charge on any atom is -0.497 e. The van der Waals surface area contributed by atoms with Gasteiger partial charge in [-0.05, 0) is 30.3 Å². The Morgan fingerprint density at radius 1 is 1.12 bits per heavy atom. The number of esters is 1. The number of carbonyl (C=O) groups excluding carboxylic acids is 1. The number of methoxy groups -OCH3 is 1. The van der Waals surface area contributed by atoms with E-state index in [-0.39, 0.29) is 18.4 Å². The van der Waals surface area contributed by atoms with Crippen LogP contribution in [0.3, 0.4) is 0 Å². The number of pyridine rings is 1. The van der Waals surface area contributed by atoms with Crippen LogP contribution in [0.15, 0.2) is 48.5 Å². The highest BCUT2D eigenvalue weighted by Crippen LogP contribution is 2.25. The minimum absolute atomic E-state index is 0.00147. The van der Waals surface area contributed by atoms with Crippen molar-refractivity contribution in [1.29, 1.82) is 0 Å².